The fraction of sp³-hybridized carbons (Fsp3) is 0.250. The van der Waals surface area contributed by atoms with Gasteiger partial charge in [-0.1, -0.05) is 42.5 Å². The highest BCUT2D eigenvalue weighted by Gasteiger charge is 2.45. The number of carbonyl (C=O) groups excluding carboxylic acids is 3. The molecule has 2 amide bonds. The summed E-state index contributed by atoms with van der Waals surface area (Å²) < 4.78 is 5.40. The van der Waals surface area contributed by atoms with Crippen molar-refractivity contribution >= 4 is 29.7 Å². The number of fused-ring (bicyclic) bond motifs is 1. The van der Waals surface area contributed by atoms with Gasteiger partial charge < -0.3 is 15.8 Å². The third-order valence-corrected chi connectivity index (χ3v) is 7.04. The minimum atomic E-state index is -0.956. The Morgan fingerprint density at radius 1 is 1.14 bits per heavy atom. The molecule has 2 aliphatic heterocycles. The largest absolute Gasteiger partial charge is 0.447 e. The summed E-state index contributed by atoms with van der Waals surface area (Å²) in [6.07, 6.45) is 2.55. The van der Waals surface area contributed by atoms with Crippen molar-refractivity contribution in [2.24, 2.45) is 11.1 Å². The predicted octanol–water partition coefficient (Wildman–Crippen LogP) is 3.91. The number of nitrogens with two attached hydrogens (primary N) is 1. The van der Waals surface area contributed by atoms with E-state index in [2.05, 4.69) is 5.32 Å². The van der Waals surface area contributed by atoms with Gasteiger partial charge in [-0.05, 0) is 66.8 Å². The van der Waals surface area contributed by atoms with E-state index in [1.165, 1.54) is 0 Å². The van der Waals surface area contributed by atoms with Crippen molar-refractivity contribution in [3.05, 3.63) is 95.1 Å². The molecule has 0 spiro atoms. The first-order chi connectivity index (χ1) is 16.9. The third kappa shape index (κ3) is 4.14. The minimum absolute atomic E-state index is 0.138. The number of amides is 2. The average Bonchev–Trinajstić information content (AvgIpc) is 3.23. The predicted molar refractivity (Wildman–Crippen MR) is 133 cm³/mol. The molecule has 2 unspecified atom stereocenters. The molecular weight excluding hydrogens is 442 g/mol. The Morgan fingerprint density at radius 2 is 1.94 bits per heavy atom. The Labute approximate surface area is 203 Å². The fourth-order valence-electron chi connectivity index (χ4n) is 5.10. The smallest absolute Gasteiger partial charge is 0.414 e. The number of hydrogen-bond donors (Lipinski definition) is 2. The number of anilines is 2. The first kappa shape index (κ1) is 22.7. The molecule has 3 N–H and O–H groups in total. The molecule has 0 saturated carbocycles. The maximum Gasteiger partial charge on any atom is 0.414 e. The van der Waals surface area contributed by atoms with E-state index in [1.807, 2.05) is 73.9 Å². The summed E-state index contributed by atoms with van der Waals surface area (Å²) in [7, 11) is 0. The van der Waals surface area contributed by atoms with Crippen molar-refractivity contribution in [2.75, 3.05) is 16.8 Å². The molecule has 1 fully saturated rings. The third-order valence-electron chi connectivity index (χ3n) is 7.04. The van der Waals surface area contributed by atoms with Crippen LogP contribution in [0.3, 0.4) is 0 Å². The molecule has 0 aliphatic carbocycles. The number of rotatable bonds is 6. The van der Waals surface area contributed by atoms with Crippen LogP contribution < -0.4 is 16.0 Å². The van der Waals surface area contributed by atoms with Crippen LogP contribution in [0.2, 0.25) is 0 Å². The first-order valence-corrected chi connectivity index (χ1v) is 11.6. The normalized spacial score (nSPS) is 23.2. The van der Waals surface area contributed by atoms with Gasteiger partial charge in [0.2, 0.25) is 12.2 Å². The number of primary amides is 1. The zero-order valence-electron chi connectivity index (χ0n) is 19.4. The van der Waals surface area contributed by atoms with Gasteiger partial charge in [0.1, 0.15) is 6.61 Å². The molecule has 3 atom stereocenters. The van der Waals surface area contributed by atoms with Crippen LogP contribution in [0, 0.1) is 5.41 Å². The van der Waals surface area contributed by atoms with Gasteiger partial charge in [-0.15, -0.1) is 0 Å². The van der Waals surface area contributed by atoms with Crippen molar-refractivity contribution in [3.63, 3.8) is 0 Å². The number of nitrogens with one attached hydrogen (secondary N) is 1. The Balaban J connectivity index is 1.49. The van der Waals surface area contributed by atoms with E-state index >= 15 is 0 Å². The van der Waals surface area contributed by atoms with Crippen LogP contribution in [0.4, 0.5) is 16.2 Å². The molecule has 3 aromatic rings. The summed E-state index contributed by atoms with van der Waals surface area (Å²) in [5, 5.41) is 3.45. The Morgan fingerprint density at radius 3 is 2.69 bits per heavy atom. The summed E-state index contributed by atoms with van der Waals surface area (Å²) in [6.45, 7) is 2.13. The molecule has 1 radical (unpaired) electrons. The van der Waals surface area contributed by atoms with Crippen LogP contribution >= 0.6 is 0 Å². The van der Waals surface area contributed by atoms with E-state index < -0.39 is 17.4 Å². The maximum absolute atomic E-state index is 12.7. The topological polar surface area (TPSA) is 102 Å². The van der Waals surface area contributed by atoms with Crippen LogP contribution in [-0.4, -0.2) is 30.9 Å². The number of ether oxygens (including phenoxy) is 1. The molecule has 5 rings (SSSR count). The van der Waals surface area contributed by atoms with Gasteiger partial charge in [-0.3, -0.25) is 14.5 Å². The Bertz CT molecular complexity index is 1290. The Kier molecular flexibility index (Phi) is 5.76. The highest BCUT2D eigenvalue weighted by Crippen LogP contribution is 2.46. The van der Waals surface area contributed by atoms with Gasteiger partial charge in [-0.25, -0.2) is 4.79 Å². The van der Waals surface area contributed by atoms with Gasteiger partial charge in [0.25, 0.3) is 0 Å². The number of nitrogens with zero attached hydrogens (tertiary/aromatic N) is 1. The summed E-state index contributed by atoms with van der Waals surface area (Å²) in [5.74, 6) is -0.450. The highest BCUT2D eigenvalue weighted by atomic mass is 16.6. The fourth-order valence-corrected chi connectivity index (χ4v) is 5.10. The Hall–Kier alpha value is -4.13. The lowest BCUT2D eigenvalue weighted by atomic mass is 9.70. The molecule has 177 valence electrons. The maximum atomic E-state index is 12.7. The molecule has 0 bridgehead atoms. The van der Waals surface area contributed by atoms with Crippen molar-refractivity contribution in [1.29, 1.82) is 0 Å². The number of carbonyl (C=O) groups is 2. The van der Waals surface area contributed by atoms with Crippen LogP contribution in [0.15, 0.2) is 72.8 Å². The SMILES string of the molecule is CC1(C(N)=O)Cc2cc([C]=O)ccc2NC1c1cccc(N2C(=O)OC[C@@H]2Cc2ccccc2)c1. The molecule has 7 nitrogen and oxygen atoms in total. The van der Waals surface area contributed by atoms with Crippen LogP contribution in [-0.2, 0) is 27.2 Å². The molecule has 7 heteroatoms. The second-order valence-electron chi connectivity index (χ2n) is 9.40. The van der Waals surface area contributed by atoms with E-state index in [1.54, 1.807) is 17.0 Å². The monoisotopic (exact) mass is 468 g/mol. The van der Waals surface area contributed by atoms with E-state index in [-0.39, 0.29) is 12.1 Å². The van der Waals surface area contributed by atoms with E-state index in [0.29, 0.717) is 30.7 Å². The number of benzene rings is 3. The summed E-state index contributed by atoms with van der Waals surface area (Å²) in [4.78, 5) is 38.2. The zero-order chi connectivity index (χ0) is 24.6. The first-order valence-electron chi connectivity index (χ1n) is 11.6. The molecule has 35 heavy (non-hydrogen) atoms. The van der Waals surface area contributed by atoms with Crippen molar-refractivity contribution in [2.45, 2.75) is 31.8 Å². The summed E-state index contributed by atoms with van der Waals surface area (Å²) in [6, 6.07) is 22.3. The second-order valence-corrected chi connectivity index (χ2v) is 9.40. The molecular formula is C28H26N3O4. The van der Waals surface area contributed by atoms with Gasteiger partial charge >= 0.3 is 6.09 Å². The van der Waals surface area contributed by atoms with Crippen LogP contribution in [0.5, 0.6) is 0 Å². The standard InChI is InChI=1S/C28H26N3O4/c1-28(26(29)33)15-21-12-19(16-32)10-11-24(21)30-25(28)20-8-5-9-22(14-20)31-23(17-35-27(31)34)13-18-6-3-2-4-7-18/h2-12,14,23,25,30H,13,15,17H2,1H3,(H2,29,33)/t23-,25?,28?/m0/s1. The molecule has 2 aliphatic rings. The summed E-state index contributed by atoms with van der Waals surface area (Å²) >= 11 is 0. The van der Waals surface area contributed by atoms with Gasteiger partial charge in [-0.2, -0.15) is 0 Å². The lowest BCUT2D eigenvalue weighted by molar-refractivity contribution is -0.127. The molecule has 3 aromatic carbocycles. The molecule has 1 saturated heterocycles. The minimum Gasteiger partial charge on any atom is -0.447 e. The number of cyclic esters (lactones) is 1. The van der Waals surface area contributed by atoms with Gasteiger partial charge in [0.05, 0.1) is 17.5 Å². The van der Waals surface area contributed by atoms with Crippen LogP contribution in [0.1, 0.15) is 35.2 Å². The summed E-state index contributed by atoms with van der Waals surface area (Å²) in [5.41, 5.74) is 9.71. The van der Waals surface area contributed by atoms with Crippen molar-refractivity contribution < 1.29 is 19.1 Å². The molecule has 0 aromatic heterocycles. The lowest BCUT2D eigenvalue weighted by Gasteiger charge is -2.41. The zero-order valence-corrected chi connectivity index (χ0v) is 19.4. The average molecular weight is 469 g/mol. The van der Waals surface area contributed by atoms with Crippen molar-refractivity contribution in [1.82, 2.24) is 0 Å². The van der Waals surface area contributed by atoms with Gasteiger partial charge in [0, 0.05) is 16.9 Å². The van der Waals surface area contributed by atoms with Crippen LogP contribution in [0.25, 0.3) is 0 Å². The molecule has 2 heterocycles. The number of hydrogen-bond acceptors (Lipinski definition) is 5. The quantitative estimate of drug-likeness (QED) is 0.571. The van der Waals surface area contributed by atoms with E-state index in [0.717, 1.165) is 22.4 Å². The second kappa shape index (κ2) is 8.91. The van der Waals surface area contributed by atoms with E-state index in [4.69, 9.17) is 10.5 Å². The lowest BCUT2D eigenvalue weighted by Crippen LogP contribution is -2.47. The van der Waals surface area contributed by atoms with E-state index in [9.17, 15) is 14.4 Å². The highest BCUT2D eigenvalue weighted by molar-refractivity contribution is 5.91. The van der Waals surface area contributed by atoms with Crippen molar-refractivity contribution in [3.8, 4) is 0 Å². The van der Waals surface area contributed by atoms with Gasteiger partial charge in [0.15, 0.2) is 0 Å².